The van der Waals surface area contributed by atoms with Crippen molar-refractivity contribution in [3.8, 4) is 34.6 Å². The van der Waals surface area contributed by atoms with Crippen molar-refractivity contribution in [3.05, 3.63) is 77.8 Å². The van der Waals surface area contributed by atoms with Crippen LogP contribution in [-0.4, -0.2) is 29.4 Å². The standard InChI is InChI=1S/C24H22ClN3O5/c1-29-18-7-3-16(4-8-18)14-31-21-11-20(24-28-27-23(12-25)33-24)26-13-22(21)32-15-17-5-9-19(30-2)10-6-17/h3-11,13H,12,14-15H2,1-2H3. The number of hydrogen-bond donors (Lipinski definition) is 0. The predicted molar refractivity (Wildman–Crippen MR) is 122 cm³/mol. The third-order valence-electron chi connectivity index (χ3n) is 4.74. The maximum absolute atomic E-state index is 6.08. The molecule has 9 heteroatoms. The number of hydrogen-bond acceptors (Lipinski definition) is 8. The van der Waals surface area contributed by atoms with Crippen molar-refractivity contribution < 1.29 is 23.4 Å². The van der Waals surface area contributed by atoms with E-state index in [-0.39, 0.29) is 11.8 Å². The van der Waals surface area contributed by atoms with E-state index < -0.39 is 0 Å². The fraction of sp³-hybridized carbons (Fsp3) is 0.208. The van der Waals surface area contributed by atoms with Gasteiger partial charge in [0.25, 0.3) is 5.89 Å². The molecule has 33 heavy (non-hydrogen) atoms. The maximum atomic E-state index is 6.08. The summed E-state index contributed by atoms with van der Waals surface area (Å²) in [5.74, 6) is 3.23. The smallest absolute Gasteiger partial charge is 0.266 e. The van der Waals surface area contributed by atoms with Gasteiger partial charge in [0.15, 0.2) is 11.5 Å². The summed E-state index contributed by atoms with van der Waals surface area (Å²) in [4.78, 5) is 4.39. The Balaban J connectivity index is 1.54. The van der Waals surface area contributed by atoms with Crippen LogP contribution in [0.25, 0.3) is 11.6 Å². The quantitative estimate of drug-likeness (QED) is 0.299. The lowest BCUT2D eigenvalue weighted by Crippen LogP contribution is -2.02. The van der Waals surface area contributed by atoms with Gasteiger partial charge in [-0.2, -0.15) is 0 Å². The zero-order valence-electron chi connectivity index (χ0n) is 18.2. The lowest BCUT2D eigenvalue weighted by Gasteiger charge is -2.14. The number of halogens is 1. The van der Waals surface area contributed by atoms with Gasteiger partial charge in [-0.05, 0) is 35.4 Å². The third kappa shape index (κ3) is 5.72. The van der Waals surface area contributed by atoms with Crippen molar-refractivity contribution in [2.24, 2.45) is 0 Å². The van der Waals surface area contributed by atoms with Gasteiger partial charge in [-0.25, -0.2) is 4.98 Å². The molecule has 0 amide bonds. The molecule has 4 aromatic rings. The van der Waals surface area contributed by atoms with Crippen LogP contribution in [0.3, 0.4) is 0 Å². The second-order valence-corrected chi connectivity index (χ2v) is 7.19. The zero-order chi connectivity index (χ0) is 23.0. The number of methoxy groups -OCH3 is 2. The molecule has 0 fully saturated rings. The predicted octanol–water partition coefficient (Wildman–Crippen LogP) is 5.05. The number of pyridine rings is 1. The Labute approximate surface area is 196 Å². The summed E-state index contributed by atoms with van der Waals surface area (Å²) in [6.45, 7) is 0.657. The molecule has 0 aliphatic rings. The summed E-state index contributed by atoms with van der Waals surface area (Å²) in [6.07, 6.45) is 1.58. The van der Waals surface area contributed by atoms with Crippen LogP contribution >= 0.6 is 11.6 Å². The summed E-state index contributed by atoms with van der Waals surface area (Å²) < 4.78 is 28.0. The van der Waals surface area contributed by atoms with Gasteiger partial charge < -0.3 is 23.4 Å². The van der Waals surface area contributed by atoms with Crippen LogP contribution < -0.4 is 18.9 Å². The number of nitrogens with zero attached hydrogens (tertiary/aromatic N) is 3. The average Bonchev–Trinajstić information content (AvgIpc) is 3.36. The van der Waals surface area contributed by atoms with Gasteiger partial charge in [-0.15, -0.1) is 21.8 Å². The topological polar surface area (TPSA) is 88.7 Å². The average molecular weight is 468 g/mol. The van der Waals surface area contributed by atoms with Crippen LogP contribution in [0.1, 0.15) is 17.0 Å². The highest BCUT2D eigenvalue weighted by atomic mass is 35.5. The number of ether oxygens (including phenoxy) is 4. The van der Waals surface area contributed by atoms with Gasteiger partial charge in [-0.3, -0.25) is 0 Å². The molecule has 170 valence electrons. The summed E-state index contributed by atoms with van der Waals surface area (Å²) in [5, 5.41) is 7.87. The van der Waals surface area contributed by atoms with E-state index >= 15 is 0 Å². The van der Waals surface area contributed by atoms with Gasteiger partial charge in [0.05, 0.1) is 20.4 Å². The maximum Gasteiger partial charge on any atom is 0.266 e. The summed E-state index contributed by atoms with van der Waals surface area (Å²) in [7, 11) is 3.26. The van der Waals surface area contributed by atoms with E-state index in [1.165, 1.54) is 0 Å². The highest BCUT2D eigenvalue weighted by Gasteiger charge is 2.15. The summed E-state index contributed by atoms with van der Waals surface area (Å²) in [5.41, 5.74) is 2.41. The highest BCUT2D eigenvalue weighted by Crippen LogP contribution is 2.32. The van der Waals surface area contributed by atoms with Gasteiger partial charge in [0, 0.05) is 6.07 Å². The number of aromatic nitrogens is 3. The molecule has 2 aromatic heterocycles. The first-order valence-electron chi connectivity index (χ1n) is 10.1. The van der Waals surface area contributed by atoms with E-state index in [2.05, 4.69) is 15.2 Å². The molecule has 2 aromatic carbocycles. The lowest BCUT2D eigenvalue weighted by atomic mass is 10.2. The minimum absolute atomic E-state index is 0.122. The number of alkyl halides is 1. The van der Waals surface area contributed by atoms with E-state index in [9.17, 15) is 0 Å². The zero-order valence-corrected chi connectivity index (χ0v) is 18.9. The van der Waals surface area contributed by atoms with Crippen LogP contribution in [0.15, 0.2) is 65.2 Å². The first kappa shape index (κ1) is 22.4. The van der Waals surface area contributed by atoms with Crippen molar-refractivity contribution >= 4 is 11.6 Å². The first-order valence-corrected chi connectivity index (χ1v) is 10.6. The fourth-order valence-corrected chi connectivity index (χ4v) is 3.05. The second-order valence-electron chi connectivity index (χ2n) is 6.92. The van der Waals surface area contributed by atoms with Gasteiger partial charge in [0.1, 0.15) is 36.3 Å². The van der Waals surface area contributed by atoms with Crippen LogP contribution in [0.4, 0.5) is 0 Å². The minimum atomic E-state index is 0.122. The number of benzene rings is 2. The van der Waals surface area contributed by atoms with E-state index in [0.717, 1.165) is 22.6 Å². The van der Waals surface area contributed by atoms with Crippen molar-refractivity contribution in [1.82, 2.24) is 15.2 Å². The van der Waals surface area contributed by atoms with E-state index in [4.69, 9.17) is 35.0 Å². The molecular formula is C24H22ClN3O5. The minimum Gasteiger partial charge on any atom is -0.497 e. The molecule has 4 rings (SSSR count). The Morgan fingerprint density at radius 1 is 0.788 bits per heavy atom. The van der Waals surface area contributed by atoms with Crippen molar-refractivity contribution in [2.45, 2.75) is 19.1 Å². The van der Waals surface area contributed by atoms with Gasteiger partial charge in [0.2, 0.25) is 5.89 Å². The molecule has 0 bridgehead atoms. The molecule has 0 unspecified atom stereocenters. The molecule has 0 N–H and O–H groups in total. The van der Waals surface area contributed by atoms with Crippen LogP contribution in [0.2, 0.25) is 0 Å². The van der Waals surface area contributed by atoms with Crippen LogP contribution in [0.5, 0.6) is 23.0 Å². The Bertz CT molecular complexity index is 1180. The normalized spacial score (nSPS) is 10.6. The molecule has 0 atom stereocenters. The molecule has 8 nitrogen and oxygen atoms in total. The SMILES string of the molecule is COc1ccc(COc2cnc(-c3nnc(CCl)o3)cc2OCc2ccc(OC)cc2)cc1. The highest BCUT2D eigenvalue weighted by molar-refractivity contribution is 6.16. The molecular weight excluding hydrogens is 446 g/mol. The Hall–Kier alpha value is -3.78. The van der Waals surface area contributed by atoms with Crippen molar-refractivity contribution in [2.75, 3.05) is 14.2 Å². The fourth-order valence-electron chi connectivity index (χ4n) is 2.94. The second kappa shape index (κ2) is 10.7. The molecule has 0 aliphatic heterocycles. The molecule has 0 spiro atoms. The van der Waals surface area contributed by atoms with Crippen LogP contribution in [0, 0.1) is 0 Å². The van der Waals surface area contributed by atoms with Crippen molar-refractivity contribution in [1.29, 1.82) is 0 Å². The lowest BCUT2D eigenvalue weighted by molar-refractivity contribution is 0.255. The summed E-state index contributed by atoms with van der Waals surface area (Å²) >= 11 is 5.76. The van der Waals surface area contributed by atoms with Crippen LogP contribution in [-0.2, 0) is 19.1 Å². The monoisotopic (exact) mass is 467 g/mol. The largest absolute Gasteiger partial charge is 0.497 e. The van der Waals surface area contributed by atoms with E-state index in [1.807, 2.05) is 48.5 Å². The Morgan fingerprint density at radius 3 is 1.88 bits per heavy atom. The molecule has 0 aliphatic carbocycles. The van der Waals surface area contributed by atoms with Gasteiger partial charge in [-0.1, -0.05) is 24.3 Å². The molecule has 0 saturated carbocycles. The first-order chi connectivity index (χ1) is 16.2. The summed E-state index contributed by atoms with van der Waals surface area (Å²) in [6, 6.07) is 17.0. The van der Waals surface area contributed by atoms with Gasteiger partial charge >= 0.3 is 0 Å². The molecule has 0 radical (unpaired) electrons. The Morgan fingerprint density at radius 2 is 1.36 bits per heavy atom. The third-order valence-corrected chi connectivity index (χ3v) is 4.97. The van der Waals surface area contributed by atoms with E-state index in [1.54, 1.807) is 26.5 Å². The molecule has 2 heterocycles. The van der Waals surface area contributed by atoms with Crippen molar-refractivity contribution in [3.63, 3.8) is 0 Å². The van der Waals surface area contributed by atoms with E-state index in [0.29, 0.717) is 36.3 Å². The Kier molecular flexibility index (Phi) is 7.26. The number of rotatable bonds is 10. The molecule has 0 saturated heterocycles.